The molecule has 0 spiro atoms. The summed E-state index contributed by atoms with van der Waals surface area (Å²) < 4.78 is 0. The van der Waals surface area contributed by atoms with Crippen LogP contribution in [-0.2, 0) is 4.79 Å². The van der Waals surface area contributed by atoms with Crippen molar-refractivity contribution < 1.29 is 4.79 Å². The van der Waals surface area contributed by atoms with Crippen LogP contribution < -0.4 is 5.32 Å². The number of carbonyl (C=O) groups excluding carboxylic acids is 1. The van der Waals surface area contributed by atoms with E-state index in [1.807, 2.05) is 45.0 Å². The van der Waals surface area contributed by atoms with E-state index in [2.05, 4.69) is 15.5 Å². The smallest absolute Gasteiger partial charge is 0.234 e. The fourth-order valence-electron chi connectivity index (χ4n) is 1.79. The number of carbonyl (C=O) groups is 1. The molecule has 19 heavy (non-hydrogen) atoms. The van der Waals surface area contributed by atoms with E-state index in [0.717, 1.165) is 27.5 Å². The van der Waals surface area contributed by atoms with E-state index < -0.39 is 0 Å². The van der Waals surface area contributed by atoms with E-state index in [-0.39, 0.29) is 5.91 Å². The molecule has 0 unspecified atom stereocenters. The Morgan fingerprint density at radius 3 is 2.68 bits per heavy atom. The number of thioether (sulfide) groups is 1. The standard InChI is InChI=1S/C14H17N3OS/c1-9-6-4-5-7-12(9)15-13(18)8-19-14-10(2)16-17-11(14)3/h4-7H,8H2,1-3H3,(H,15,18)(H,16,17). The molecule has 0 aliphatic heterocycles. The number of aromatic amines is 1. The van der Waals surface area contributed by atoms with Gasteiger partial charge in [-0.05, 0) is 32.4 Å². The third-order valence-electron chi connectivity index (χ3n) is 2.83. The van der Waals surface area contributed by atoms with Gasteiger partial charge in [-0.15, -0.1) is 11.8 Å². The fourth-order valence-corrected chi connectivity index (χ4v) is 2.65. The largest absolute Gasteiger partial charge is 0.325 e. The lowest BCUT2D eigenvalue weighted by Gasteiger charge is -2.07. The Bertz CT molecular complexity index is 573. The second-order valence-electron chi connectivity index (χ2n) is 4.41. The molecule has 0 saturated carbocycles. The molecule has 4 nitrogen and oxygen atoms in total. The molecule has 0 saturated heterocycles. The lowest BCUT2D eigenvalue weighted by Crippen LogP contribution is -2.14. The average molecular weight is 275 g/mol. The molecule has 0 aliphatic carbocycles. The van der Waals surface area contributed by atoms with Crippen LogP contribution in [0.4, 0.5) is 5.69 Å². The molecule has 100 valence electrons. The number of anilines is 1. The number of nitrogens with zero attached hydrogens (tertiary/aromatic N) is 1. The highest BCUT2D eigenvalue weighted by Crippen LogP contribution is 2.24. The number of para-hydroxylation sites is 1. The SMILES string of the molecule is Cc1ccccc1NC(=O)CSc1c(C)n[nH]c1C. The van der Waals surface area contributed by atoms with Gasteiger partial charge >= 0.3 is 0 Å². The quantitative estimate of drug-likeness (QED) is 0.843. The van der Waals surface area contributed by atoms with Gasteiger partial charge in [0.2, 0.25) is 5.91 Å². The van der Waals surface area contributed by atoms with E-state index in [1.165, 1.54) is 11.8 Å². The van der Waals surface area contributed by atoms with Crippen LogP contribution >= 0.6 is 11.8 Å². The molecule has 2 aromatic rings. The predicted molar refractivity (Wildman–Crippen MR) is 78.6 cm³/mol. The summed E-state index contributed by atoms with van der Waals surface area (Å²) in [6.45, 7) is 5.87. The molecule has 2 rings (SSSR count). The summed E-state index contributed by atoms with van der Waals surface area (Å²) in [6.07, 6.45) is 0. The molecule has 0 aliphatic rings. The molecule has 1 aromatic heterocycles. The number of hydrogen-bond donors (Lipinski definition) is 2. The van der Waals surface area contributed by atoms with Crippen LogP contribution in [0.2, 0.25) is 0 Å². The van der Waals surface area contributed by atoms with Gasteiger partial charge < -0.3 is 5.32 Å². The lowest BCUT2D eigenvalue weighted by atomic mass is 10.2. The molecule has 1 aromatic carbocycles. The number of H-pyrrole nitrogens is 1. The minimum atomic E-state index is -0.000648. The van der Waals surface area contributed by atoms with Crippen molar-refractivity contribution in [3.63, 3.8) is 0 Å². The average Bonchev–Trinajstić information content (AvgIpc) is 2.70. The second kappa shape index (κ2) is 5.93. The van der Waals surface area contributed by atoms with Crippen LogP contribution in [0.15, 0.2) is 29.2 Å². The first-order chi connectivity index (χ1) is 9.08. The second-order valence-corrected chi connectivity index (χ2v) is 5.40. The van der Waals surface area contributed by atoms with Crippen LogP contribution in [0, 0.1) is 20.8 Å². The van der Waals surface area contributed by atoms with Crippen LogP contribution in [-0.4, -0.2) is 21.9 Å². The van der Waals surface area contributed by atoms with Crippen molar-refractivity contribution in [1.82, 2.24) is 10.2 Å². The van der Waals surface area contributed by atoms with Gasteiger partial charge in [-0.1, -0.05) is 18.2 Å². The Hall–Kier alpha value is -1.75. The van der Waals surface area contributed by atoms with Crippen LogP contribution in [0.3, 0.4) is 0 Å². The first kappa shape index (κ1) is 13.7. The third-order valence-corrected chi connectivity index (χ3v) is 4.12. The first-order valence-electron chi connectivity index (χ1n) is 6.08. The Morgan fingerprint density at radius 1 is 1.32 bits per heavy atom. The van der Waals surface area contributed by atoms with Crippen molar-refractivity contribution in [2.45, 2.75) is 25.7 Å². The summed E-state index contributed by atoms with van der Waals surface area (Å²) in [6, 6.07) is 7.76. The summed E-state index contributed by atoms with van der Waals surface area (Å²) in [7, 11) is 0. The number of aryl methyl sites for hydroxylation is 3. The maximum Gasteiger partial charge on any atom is 0.234 e. The van der Waals surface area contributed by atoms with Crippen molar-refractivity contribution in [3.8, 4) is 0 Å². The number of hydrogen-bond acceptors (Lipinski definition) is 3. The highest BCUT2D eigenvalue weighted by molar-refractivity contribution is 8.00. The normalized spacial score (nSPS) is 10.5. The summed E-state index contributed by atoms with van der Waals surface area (Å²) in [5, 5.41) is 9.95. The number of rotatable bonds is 4. The van der Waals surface area contributed by atoms with Crippen LogP contribution in [0.25, 0.3) is 0 Å². The Kier molecular flexibility index (Phi) is 4.27. The highest BCUT2D eigenvalue weighted by atomic mass is 32.2. The van der Waals surface area contributed by atoms with E-state index in [0.29, 0.717) is 5.75 Å². The minimum Gasteiger partial charge on any atom is -0.325 e. The van der Waals surface area contributed by atoms with Gasteiger partial charge in [0, 0.05) is 11.4 Å². The predicted octanol–water partition coefficient (Wildman–Crippen LogP) is 3.07. The number of benzene rings is 1. The van der Waals surface area contributed by atoms with Crippen molar-refractivity contribution in [3.05, 3.63) is 41.2 Å². The topological polar surface area (TPSA) is 57.8 Å². The summed E-state index contributed by atoms with van der Waals surface area (Å²) >= 11 is 1.51. The number of amides is 1. The molecular formula is C14H17N3OS. The first-order valence-corrected chi connectivity index (χ1v) is 7.06. The Balaban J connectivity index is 1.94. The Labute approximate surface area is 117 Å². The third kappa shape index (κ3) is 3.38. The lowest BCUT2D eigenvalue weighted by molar-refractivity contribution is -0.113. The zero-order valence-electron chi connectivity index (χ0n) is 11.3. The molecule has 1 heterocycles. The van der Waals surface area contributed by atoms with Gasteiger partial charge in [0.15, 0.2) is 0 Å². The molecule has 2 N–H and O–H groups in total. The van der Waals surface area contributed by atoms with Crippen LogP contribution in [0.5, 0.6) is 0 Å². The highest BCUT2D eigenvalue weighted by Gasteiger charge is 2.10. The number of aromatic nitrogens is 2. The van der Waals surface area contributed by atoms with E-state index in [4.69, 9.17) is 0 Å². The maximum absolute atomic E-state index is 11.9. The molecule has 1 amide bonds. The molecule has 0 fully saturated rings. The van der Waals surface area contributed by atoms with Crippen LogP contribution in [0.1, 0.15) is 17.0 Å². The maximum atomic E-state index is 11.9. The van der Waals surface area contributed by atoms with Crippen molar-refractivity contribution >= 4 is 23.4 Å². The van der Waals surface area contributed by atoms with Gasteiger partial charge in [-0.3, -0.25) is 9.89 Å². The van der Waals surface area contributed by atoms with Crippen molar-refractivity contribution in [1.29, 1.82) is 0 Å². The summed E-state index contributed by atoms with van der Waals surface area (Å²) in [4.78, 5) is 13.0. The zero-order chi connectivity index (χ0) is 13.8. The van der Waals surface area contributed by atoms with E-state index >= 15 is 0 Å². The fraction of sp³-hybridized carbons (Fsp3) is 0.286. The van der Waals surface area contributed by atoms with Gasteiger partial charge in [-0.25, -0.2) is 0 Å². The molecular weight excluding hydrogens is 258 g/mol. The van der Waals surface area contributed by atoms with E-state index in [1.54, 1.807) is 0 Å². The van der Waals surface area contributed by atoms with Gasteiger partial charge in [0.05, 0.1) is 16.3 Å². The van der Waals surface area contributed by atoms with Gasteiger partial charge in [0.25, 0.3) is 0 Å². The van der Waals surface area contributed by atoms with E-state index in [9.17, 15) is 4.79 Å². The Morgan fingerprint density at radius 2 is 2.05 bits per heavy atom. The molecule has 5 heteroatoms. The minimum absolute atomic E-state index is 0.000648. The van der Waals surface area contributed by atoms with Crippen molar-refractivity contribution in [2.24, 2.45) is 0 Å². The van der Waals surface area contributed by atoms with Gasteiger partial charge in [-0.2, -0.15) is 5.10 Å². The monoisotopic (exact) mass is 275 g/mol. The summed E-state index contributed by atoms with van der Waals surface area (Å²) in [5.41, 5.74) is 3.88. The molecule has 0 radical (unpaired) electrons. The summed E-state index contributed by atoms with van der Waals surface area (Å²) in [5.74, 6) is 0.384. The van der Waals surface area contributed by atoms with Gasteiger partial charge in [0.1, 0.15) is 0 Å². The van der Waals surface area contributed by atoms with Crippen molar-refractivity contribution in [2.75, 3.05) is 11.1 Å². The molecule has 0 atom stereocenters. The number of nitrogens with one attached hydrogen (secondary N) is 2. The zero-order valence-corrected chi connectivity index (χ0v) is 12.1. The molecule has 0 bridgehead atoms.